The summed E-state index contributed by atoms with van der Waals surface area (Å²) in [5.74, 6) is -0.366. The van der Waals surface area contributed by atoms with Gasteiger partial charge in [0.1, 0.15) is 11.5 Å². The molecule has 0 saturated heterocycles. The molecule has 0 aliphatic heterocycles. The predicted molar refractivity (Wildman–Crippen MR) is 161 cm³/mol. The van der Waals surface area contributed by atoms with Crippen LogP contribution in [0.3, 0.4) is 0 Å². The number of aromatic nitrogens is 4. The van der Waals surface area contributed by atoms with E-state index in [0.29, 0.717) is 12.1 Å². The predicted octanol–water partition coefficient (Wildman–Crippen LogP) is 7.76. The van der Waals surface area contributed by atoms with Gasteiger partial charge in [-0.1, -0.05) is 60.7 Å². The highest BCUT2D eigenvalue weighted by Gasteiger charge is 2.15. The van der Waals surface area contributed by atoms with Crippen LogP contribution in [0.15, 0.2) is 116 Å². The number of amides is 1. The number of nitrogens with zero attached hydrogens (tertiary/aromatic N) is 2. The van der Waals surface area contributed by atoms with Crippen LogP contribution >= 0.6 is 0 Å². The van der Waals surface area contributed by atoms with E-state index in [9.17, 15) is 9.18 Å². The number of carbonyl (C=O) groups is 1. The van der Waals surface area contributed by atoms with Gasteiger partial charge in [-0.05, 0) is 64.7 Å². The molecule has 7 aromatic rings. The van der Waals surface area contributed by atoms with E-state index in [1.54, 1.807) is 24.5 Å². The van der Waals surface area contributed by atoms with Crippen molar-refractivity contribution in [3.63, 3.8) is 0 Å². The minimum Gasteiger partial charge on any atom is -0.353 e. The highest BCUT2D eigenvalue weighted by Crippen LogP contribution is 2.35. The maximum Gasteiger partial charge on any atom is 0.228 e. The molecule has 0 fully saturated rings. The van der Waals surface area contributed by atoms with Gasteiger partial charge in [-0.3, -0.25) is 14.9 Å². The molecule has 0 spiro atoms. The van der Waals surface area contributed by atoms with E-state index in [4.69, 9.17) is 0 Å². The Morgan fingerprint density at radius 1 is 0.756 bits per heavy atom. The number of benzene rings is 4. The monoisotopic (exact) mass is 537 g/mol. The highest BCUT2D eigenvalue weighted by atomic mass is 19.1. The molecule has 0 aliphatic carbocycles. The Morgan fingerprint density at radius 2 is 1.63 bits per heavy atom. The molecule has 6 nitrogen and oxygen atoms in total. The first-order valence-corrected chi connectivity index (χ1v) is 13.3. The minimum absolute atomic E-state index is 0.0980. The number of carbonyl (C=O) groups excluding carboxylic acids is 1. The van der Waals surface area contributed by atoms with Crippen molar-refractivity contribution in [2.45, 2.75) is 6.42 Å². The number of anilines is 1. The number of nitrogens with one attached hydrogen (secondary N) is 3. The Bertz CT molecular complexity index is 2040. The molecular weight excluding hydrogens is 513 g/mol. The number of fused-ring (bicyclic) bond motifs is 2. The molecule has 1 amide bonds. The molecule has 198 valence electrons. The van der Waals surface area contributed by atoms with E-state index in [1.807, 2.05) is 72.8 Å². The summed E-state index contributed by atoms with van der Waals surface area (Å²) in [5, 5.41) is 12.6. The van der Waals surface area contributed by atoms with E-state index < -0.39 is 0 Å². The number of aromatic amines is 2. The van der Waals surface area contributed by atoms with Gasteiger partial charge in [0, 0.05) is 28.0 Å². The van der Waals surface area contributed by atoms with Gasteiger partial charge in [0.2, 0.25) is 5.91 Å². The maximum absolute atomic E-state index is 14.0. The molecule has 4 aromatic carbocycles. The first-order valence-electron chi connectivity index (χ1n) is 13.3. The average Bonchev–Trinajstić information content (AvgIpc) is 3.61. The fourth-order valence-corrected chi connectivity index (χ4v) is 5.24. The quantitative estimate of drug-likeness (QED) is 0.203. The van der Waals surface area contributed by atoms with E-state index in [-0.39, 0.29) is 11.7 Å². The van der Waals surface area contributed by atoms with E-state index in [0.717, 1.165) is 61.0 Å². The fourth-order valence-electron chi connectivity index (χ4n) is 5.24. The Kier molecular flexibility index (Phi) is 6.09. The molecular formula is C34H24FN5O. The molecule has 3 aromatic heterocycles. The van der Waals surface area contributed by atoms with Crippen molar-refractivity contribution in [1.29, 1.82) is 0 Å². The average molecular weight is 538 g/mol. The van der Waals surface area contributed by atoms with Gasteiger partial charge in [0.15, 0.2) is 0 Å². The zero-order valence-electron chi connectivity index (χ0n) is 21.9. The summed E-state index contributed by atoms with van der Waals surface area (Å²) in [4.78, 5) is 20.5. The van der Waals surface area contributed by atoms with E-state index >= 15 is 0 Å². The van der Waals surface area contributed by atoms with Gasteiger partial charge in [0.25, 0.3) is 0 Å². The third-order valence-electron chi connectivity index (χ3n) is 7.18. The van der Waals surface area contributed by atoms with E-state index in [1.165, 1.54) is 6.07 Å². The van der Waals surface area contributed by atoms with Gasteiger partial charge in [-0.2, -0.15) is 5.10 Å². The van der Waals surface area contributed by atoms with Gasteiger partial charge in [-0.25, -0.2) is 4.39 Å². The largest absolute Gasteiger partial charge is 0.353 e. The van der Waals surface area contributed by atoms with Crippen molar-refractivity contribution in [3.05, 3.63) is 127 Å². The molecule has 3 heterocycles. The van der Waals surface area contributed by atoms with Crippen molar-refractivity contribution in [2.24, 2.45) is 0 Å². The SMILES string of the molecule is O=C(Cc1ccccc1)Nc1cncc(-c2ccc3[nH]nc(-c4cc5c(-c6cccc(F)c6)cccc5[nH]4)c3c2)c1. The van der Waals surface area contributed by atoms with Crippen molar-refractivity contribution in [1.82, 2.24) is 20.2 Å². The lowest BCUT2D eigenvalue weighted by molar-refractivity contribution is -0.115. The molecule has 41 heavy (non-hydrogen) atoms. The number of hydrogen-bond donors (Lipinski definition) is 3. The first-order chi connectivity index (χ1) is 20.1. The lowest BCUT2D eigenvalue weighted by Crippen LogP contribution is -2.14. The highest BCUT2D eigenvalue weighted by molar-refractivity contribution is 6.02. The van der Waals surface area contributed by atoms with Crippen molar-refractivity contribution < 1.29 is 9.18 Å². The maximum atomic E-state index is 14.0. The third-order valence-corrected chi connectivity index (χ3v) is 7.18. The zero-order valence-corrected chi connectivity index (χ0v) is 21.9. The minimum atomic E-state index is -0.268. The number of pyridine rings is 1. The Balaban J connectivity index is 1.21. The number of rotatable bonds is 6. The smallest absolute Gasteiger partial charge is 0.228 e. The Labute approximate surface area is 234 Å². The fraction of sp³-hybridized carbons (Fsp3) is 0.0294. The summed E-state index contributed by atoms with van der Waals surface area (Å²) < 4.78 is 14.0. The number of H-pyrrole nitrogens is 2. The van der Waals surface area contributed by atoms with Crippen LogP contribution in [0.1, 0.15) is 5.56 Å². The van der Waals surface area contributed by atoms with Crippen molar-refractivity contribution in [2.75, 3.05) is 5.32 Å². The van der Waals surface area contributed by atoms with Crippen LogP contribution in [0.2, 0.25) is 0 Å². The Morgan fingerprint density at radius 3 is 2.51 bits per heavy atom. The summed E-state index contributed by atoms with van der Waals surface area (Å²) >= 11 is 0. The molecule has 0 unspecified atom stereocenters. The van der Waals surface area contributed by atoms with Crippen LogP contribution in [0.25, 0.3) is 55.4 Å². The number of hydrogen-bond acceptors (Lipinski definition) is 3. The standard InChI is InChI=1S/C34H24FN5O/c35-25-9-4-8-23(15-25)27-10-5-11-30-28(27)18-32(38-30)34-29-17-22(12-13-31(29)39-40-34)24-16-26(20-36-19-24)37-33(41)14-21-6-2-1-3-7-21/h1-13,15-20,38H,14H2,(H,37,41)(H,39,40). The van der Waals surface area contributed by atoms with Crippen LogP contribution in [-0.4, -0.2) is 26.1 Å². The van der Waals surface area contributed by atoms with Gasteiger partial charge in [-0.15, -0.1) is 0 Å². The summed E-state index contributed by atoms with van der Waals surface area (Å²) in [5.41, 5.74) is 8.65. The van der Waals surface area contributed by atoms with Crippen LogP contribution < -0.4 is 5.32 Å². The summed E-state index contributed by atoms with van der Waals surface area (Å²) in [6.07, 6.45) is 3.72. The van der Waals surface area contributed by atoms with Gasteiger partial charge in [0.05, 0.1) is 29.5 Å². The van der Waals surface area contributed by atoms with Crippen LogP contribution in [0, 0.1) is 5.82 Å². The topological polar surface area (TPSA) is 86.5 Å². The van der Waals surface area contributed by atoms with E-state index in [2.05, 4.69) is 37.6 Å². The third kappa shape index (κ3) is 4.85. The molecule has 0 aliphatic rings. The molecule has 0 atom stereocenters. The first kappa shape index (κ1) is 24.5. The molecule has 0 radical (unpaired) electrons. The molecule has 7 rings (SSSR count). The zero-order chi connectivity index (χ0) is 27.8. The van der Waals surface area contributed by atoms with Crippen LogP contribution in [0.4, 0.5) is 10.1 Å². The lowest BCUT2D eigenvalue weighted by Gasteiger charge is -2.08. The molecule has 0 bridgehead atoms. The van der Waals surface area contributed by atoms with Gasteiger partial charge >= 0.3 is 0 Å². The van der Waals surface area contributed by atoms with Crippen LogP contribution in [-0.2, 0) is 11.2 Å². The second kappa shape index (κ2) is 10.2. The van der Waals surface area contributed by atoms with Crippen molar-refractivity contribution in [3.8, 4) is 33.6 Å². The number of halogens is 1. The van der Waals surface area contributed by atoms with Crippen molar-refractivity contribution >= 4 is 33.4 Å². The second-order valence-electron chi connectivity index (χ2n) is 9.97. The molecule has 3 N–H and O–H groups in total. The summed E-state index contributed by atoms with van der Waals surface area (Å²) in [6.45, 7) is 0. The normalized spacial score (nSPS) is 11.2. The van der Waals surface area contributed by atoms with Crippen LogP contribution in [0.5, 0.6) is 0 Å². The summed E-state index contributed by atoms with van der Waals surface area (Å²) in [6, 6.07) is 32.3. The van der Waals surface area contributed by atoms with Gasteiger partial charge < -0.3 is 10.3 Å². The Hall–Kier alpha value is -5.56. The summed E-state index contributed by atoms with van der Waals surface area (Å²) in [7, 11) is 0. The molecule has 7 heteroatoms. The molecule has 0 saturated carbocycles. The lowest BCUT2D eigenvalue weighted by atomic mass is 10.0. The second-order valence-corrected chi connectivity index (χ2v) is 9.97.